The van der Waals surface area contributed by atoms with Gasteiger partial charge in [-0.3, -0.25) is 9.59 Å². The van der Waals surface area contributed by atoms with Crippen LogP contribution in [0, 0.1) is 13.8 Å². The number of aromatic nitrogens is 1. The number of aryl methyl sites for hydroxylation is 2. The van der Waals surface area contributed by atoms with Crippen LogP contribution in [0.3, 0.4) is 0 Å². The molecule has 25 heavy (non-hydrogen) atoms. The highest BCUT2D eigenvalue weighted by Crippen LogP contribution is 2.22. The monoisotopic (exact) mass is 341 g/mol. The molecule has 2 heterocycles. The quantitative estimate of drug-likeness (QED) is 0.896. The first-order chi connectivity index (χ1) is 12.1. The zero-order chi connectivity index (χ0) is 17.8. The molecule has 1 aliphatic rings. The van der Waals surface area contributed by atoms with Gasteiger partial charge in [0.1, 0.15) is 0 Å². The van der Waals surface area contributed by atoms with Crippen molar-refractivity contribution in [1.82, 2.24) is 15.2 Å². The van der Waals surface area contributed by atoms with Crippen LogP contribution in [0.4, 0.5) is 0 Å². The maximum absolute atomic E-state index is 12.4. The molecule has 134 valence electrons. The van der Waals surface area contributed by atoms with Gasteiger partial charge in [-0.05, 0) is 50.5 Å². The molecular formula is C20H27N3O2. The topological polar surface area (TPSA) is 65.2 Å². The van der Waals surface area contributed by atoms with Crippen molar-refractivity contribution in [3.05, 3.63) is 35.0 Å². The first-order valence-electron chi connectivity index (χ1n) is 9.21. The number of hydrogen-bond donors (Lipinski definition) is 2. The molecule has 5 nitrogen and oxygen atoms in total. The number of carbonyl (C=O) groups excluding carboxylic acids is 2. The maximum Gasteiger partial charge on any atom is 0.251 e. The van der Waals surface area contributed by atoms with Gasteiger partial charge in [-0.25, -0.2) is 0 Å². The van der Waals surface area contributed by atoms with E-state index in [0.717, 1.165) is 42.5 Å². The third kappa shape index (κ3) is 4.03. The average Bonchev–Trinajstić information content (AvgIpc) is 2.81. The molecule has 0 radical (unpaired) electrons. The normalized spacial score (nSPS) is 15.2. The maximum atomic E-state index is 12.4. The molecule has 1 aromatic carbocycles. The number of H-pyrrole nitrogens is 1. The van der Waals surface area contributed by atoms with E-state index in [2.05, 4.69) is 17.2 Å². The SMILES string of the molecule is Cc1[nH]c2ccc(C(=O)NCCC(=O)N3CCCCCC3)cc2c1C. The Kier molecular flexibility index (Phi) is 5.41. The zero-order valence-corrected chi connectivity index (χ0v) is 15.2. The van der Waals surface area contributed by atoms with Crippen LogP contribution in [0.2, 0.25) is 0 Å². The van der Waals surface area contributed by atoms with E-state index in [1.165, 1.54) is 18.4 Å². The number of fused-ring (bicyclic) bond motifs is 1. The second kappa shape index (κ2) is 7.72. The van der Waals surface area contributed by atoms with E-state index in [0.29, 0.717) is 18.5 Å². The highest BCUT2D eigenvalue weighted by molar-refractivity contribution is 5.99. The molecular weight excluding hydrogens is 314 g/mol. The van der Waals surface area contributed by atoms with Crippen LogP contribution in [0.25, 0.3) is 10.9 Å². The minimum atomic E-state index is -0.121. The Labute approximate surface area is 148 Å². The minimum Gasteiger partial charge on any atom is -0.358 e. The van der Waals surface area contributed by atoms with Gasteiger partial charge in [0.05, 0.1) is 0 Å². The molecule has 0 saturated carbocycles. The predicted octanol–water partition coefficient (Wildman–Crippen LogP) is 3.31. The Hall–Kier alpha value is -2.30. The van der Waals surface area contributed by atoms with Crippen LogP contribution < -0.4 is 5.32 Å². The summed E-state index contributed by atoms with van der Waals surface area (Å²) in [7, 11) is 0. The lowest BCUT2D eigenvalue weighted by molar-refractivity contribution is -0.131. The van der Waals surface area contributed by atoms with Crippen LogP contribution in [0.5, 0.6) is 0 Å². The lowest BCUT2D eigenvalue weighted by Gasteiger charge is -2.20. The van der Waals surface area contributed by atoms with Crippen molar-refractivity contribution >= 4 is 22.7 Å². The van der Waals surface area contributed by atoms with Crippen molar-refractivity contribution in [1.29, 1.82) is 0 Å². The molecule has 2 N–H and O–H groups in total. The van der Waals surface area contributed by atoms with Gasteiger partial charge in [-0.1, -0.05) is 12.8 Å². The first kappa shape index (κ1) is 17.5. The summed E-state index contributed by atoms with van der Waals surface area (Å²) in [6, 6.07) is 5.68. The second-order valence-electron chi connectivity index (χ2n) is 6.94. The summed E-state index contributed by atoms with van der Waals surface area (Å²) in [6.45, 7) is 6.18. The molecule has 2 aromatic rings. The number of benzene rings is 1. The molecule has 0 atom stereocenters. The molecule has 5 heteroatoms. The highest BCUT2D eigenvalue weighted by atomic mass is 16.2. The third-order valence-electron chi connectivity index (χ3n) is 5.15. The smallest absolute Gasteiger partial charge is 0.251 e. The van der Waals surface area contributed by atoms with Gasteiger partial charge >= 0.3 is 0 Å². The number of aromatic amines is 1. The summed E-state index contributed by atoms with van der Waals surface area (Å²) in [6.07, 6.45) is 4.97. The van der Waals surface area contributed by atoms with Crippen LogP contribution in [0.1, 0.15) is 53.7 Å². The lowest BCUT2D eigenvalue weighted by Crippen LogP contribution is -2.35. The summed E-state index contributed by atoms with van der Waals surface area (Å²) >= 11 is 0. The summed E-state index contributed by atoms with van der Waals surface area (Å²) < 4.78 is 0. The summed E-state index contributed by atoms with van der Waals surface area (Å²) in [5.41, 5.74) is 3.97. The van der Waals surface area contributed by atoms with Gasteiger partial charge in [0.15, 0.2) is 0 Å². The fourth-order valence-electron chi connectivity index (χ4n) is 3.47. The third-order valence-corrected chi connectivity index (χ3v) is 5.15. The number of carbonyl (C=O) groups is 2. The molecule has 1 saturated heterocycles. The first-order valence-corrected chi connectivity index (χ1v) is 9.21. The molecule has 1 fully saturated rings. The standard InChI is InChI=1S/C20H27N3O2/c1-14-15(2)22-18-8-7-16(13-17(14)18)20(25)21-10-9-19(24)23-11-5-3-4-6-12-23/h7-8,13,22H,3-6,9-12H2,1-2H3,(H,21,25). The van der Waals surface area contributed by atoms with Crippen molar-refractivity contribution in [2.24, 2.45) is 0 Å². The highest BCUT2D eigenvalue weighted by Gasteiger charge is 2.16. The van der Waals surface area contributed by atoms with Crippen molar-refractivity contribution in [2.75, 3.05) is 19.6 Å². The van der Waals surface area contributed by atoms with E-state index in [-0.39, 0.29) is 11.8 Å². The molecule has 0 aliphatic carbocycles. The van der Waals surface area contributed by atoms with E-state index in [1.54, 1.807) is 0 Å². The van der Waals surface area contributed by atoms with E-state index in [4.69, 9.17) is 0 Å². The predicted molar refractivity (Wildman–Crippen MR) is 99.8 cm³/mol. The molecule has 0 spiro atoms. The number of amides is 2. The fraction of sp³-hybridized carbons (Fsp3) is 0.500. The molecule has 2 amide bonds. The fourth-order valence-corrected chi connectivity index (χ4v) is 3.47. The van der Waals surface area contributed by atoms with Crippen LogP contribution in [0.15, 0.2) is 18.2 Å². The van der Waals surface area contributed by atoms with Gasteiger partial charge < -0.3 is 15.2 Å². The summed E-state index contributed by atoms with van der Waals surface area (Å²) in [5, 5.41) is 3.95. The molecule has 0 unspecified atom stereocenters. The average molecular weight is 341 g/mol. The number of nitrogens with zero attached hydrogens (tertiary/aromatic N) is 1. The Morgan fingerprint density at radius 1 is 1.12 bits per heavy atom. The Morgan fingerprint density at radius 3 is 2.56 bits per heavy atom. The summed E-state index contributed by atoms with van der Waals surface area (Å²) in [4.78, 5) is 29.9. The largest absolute Gasteiger partial charge is 0.358 e. The lowest BCUT2D eigenvalue weighted by atomic mass is 10.1. The molecule has 1 aliphatic heterocycles. The van der Waals surface area contributed by atoms with Gasteiger partial charge in [0.25, 0.3) is 5.91 Å². The van der Waals surface area contributed by atoms with Gasteiger partial charge in [0, 0.05) is 48.2 Å². The Balaban J connectivity index is 1.55. The van der Waals surface area contributed by atoms with E-state index < -0.39 is 0 Å². The van der Waals surface area contributed by atoms with Crippen LogP contribution >= 0.6 is 0 Å². The van der Waals surface area contributed by atoms with Crippen LogP contribution in [-0.4, -0.2) is 41.3 Å². The van der Waals surface area contributed by atoms with Gasteiger partial charge in [-0.2, -0.15) is 0 Å². The Bertz CT molecular complexity index is 771. The minimum absolute atomic E-state index is 0.121. The van der Waals surface area contributed by atoms with Crippen molar-refractivity contribution in [3.8, 4) is 0 Å². The zero-order valence-electron chi connectivity index (χ0n) is 15.2. The van der Waals surface area contributed by atoms with E-state index in [9.17, 15) is 9.59 Å². The van der Waals surface area contributed by atoms with Crippen molar-refractivity contribution < 1.29 is 9.59 Å². The number of hydrogen-bond acceptors (Lipinski definition) is 2. The second-order valence-corrected chi connectivity index (χ2v) is 6.94. The van der Waals surface area contributed by atoms with Crippen LogP contribution in [-0.2, 0) is 4.79 Å². The summed E-state index contributed by atoms with van der Waals surface area (Å²) in [5.74, 6) is 0.0265. The van der Waals surface area contributed by atoms with Crippen molar-refractivity contribution in [3.63, 3.8) is 0 Å². The van der Waals surface area contributed by atoms with Gasteiger partial charge in [-0.15, -0.1) is 0 Å². The number of rotatable bonds is 4. The van der Waals surface area contributed by atoms with E-state index in [1.807, 2.05) is 30.0 Å². The Morgan fingerprint density at radius 2 is 1.84 bits per heavy atom. The van der Waals surface area contributed by atoms with E-state index >= 15 is 0 Å². The van der Waals surface area contributed by atoms with Gasteiger partial charge in [0.2, 0.25) is 5.91 Å². The number of nitrogens with one attached hydrogen (secondary N) is 2. The molecule has 1 aromatic heterocycles. The molecule has 0 bridgehead atoms. The number of likely N-dealkylation sites (tertiary alicyclic amines) is 1. The molecule has 3 rings (SSSR count). The van der Waals surface area contributed by atoms with Crippen molar-refractivity contribution in [2.45, 2.75) is 46.0 Å².